The van der Waals surface area contributed by atoms with Gasteiger partial charge in [0.1, 0.15) is 11.5 Å². The molecule has 1 N–H and O–H groups in total. The molecule has 0 spiro atoms. The van der Waals surface area contributed by atoms with Gasteiger partial charge in [0, 0.05) is 30.3 Å². The number of piperidine rings is 1. The highest BCUT2D eigenvalue weighted by Gasteiger charge is 2.28. The van der Waals surface area contributed by atoms with E-state index in [0.717, 1.165) is 22.6 Å². The third-order valence-corrected chi connectivity index (χ3v) is 5.63. The maximum atomic E-state index is 12.8. The first kappa shape index (κ1) is 20.7. The van der Waals surface area contributed by atoms with Crippen molar-refractivity contribution >= 4 is 17.5 Å². The molecule has 4 rings (SSSR count). The van der Waals surface area contributed by atoms with Gasteiger partial charge < -0.3 is 15.0 Å². The number of nitrogens with zero attached hydrogens (tertiary/aromatic N) is 1. The summed E-state index contributed by atoms with van der Waals surface area (Å²) >= 11 is 0. The highest BCUT2D eigenvalue weighted by molar-refractivity contribution is 5.96. The molecule has 0 saturated carbocycles. The molecule has 1 aliphatic rings. The van der Waals surface area contributed by atoms with E-state index in [0.29, 0.717) is 31.7 Å². The van der Waals surface area contributed by atoms with Gasteiger partial charge in [0.05, 0.1) is 0 Å². The van der Waals surface area contributed by atoms with E-state index in [4.69, 9.17) is 4.74 Å². The van der Waals surface area contributed by atoms with Crippen molar-refractivity contribution in [2.45, 2.75) is 19.8 Å². The minimum atomic E-state index is -0.0961. The van der Waals surface area contributed by atoms with Gasteiger partial charge in [-0.2, -0.15) is 0 Å². The van der Waals surface area contributed by atoms with Gasteiger partial charge >= 0.3 is 0 Å². The third-order valence-electron chi connectivity index (χ3n) is 5.63. The standard InChI is InChI=1S/C26H26N2O3/c1-19-7-5-6-10-24(19)26(30)28-17-15-20(16-18-28)25(29)27-21-11-13-23(14-12-21)31-22-8-3-2-4-9-22/h2-14,20H,15-18H2,1H3,(H,27,29). The molecule has 2 amide bonds. The van der Waals surface area contributed by atoms with Gasteiger partial charge in [-0.3, -0.25) is 9.59 Å². The minimum absolute atomic E-state index is 0.000261. The molecule has 0 radical (unpaired) electrons. The number of anilines is 1. The van der Waals surface area contributed by atoms with Crippen molar-refractivity contribution in [3.05, 3.63) is 90.0 Å². The summed E-state index contributed by atoms with van der Waals surface area (Å²) in [5.41, 5.74) is 2.46. The second-order valence-corrected chi connectivity index (χ2v) is 7.81. The number of para-hydroxylation sites is 1. The topological polar surface area (TPSA) is 58.6 Å². The van der Waals surface area contributed by atoms with Crippen LogP contribution >= 0.6 is 0 Å². The maximum Gasteiger partial charge on any atom is 0.254 e. The molecule has 0 aromatic heterocycles. The smallest absolute Gasteiger partial charge is 0.254 e. The third kappa shape index (κ3) is 5.12. The van der Waals surface area contributed by atoms with E-state index >= 15 is 0 Å². The van der Waals surface area contributed by atoms with Crippen molar-refractivity contribution in [1.82, 2.24) is 4.90 Å². The molecule has 5 nitrogen and oxygen atoms in total. The number of rotatable bonds is 5. The van der Waals surface area contributed by atoms with E-state index in [-0.39, 0.29) is 17.7 Å². The highest BCUT2D eigenvalue weighted by atomic mass is 16.5. The molecule has 3 aromatic rings. The number of likely N-dealkylation sites (tertiary alicyclic amines) is 1. The van der Waals surface area contributed by atoms with Crippen LogP contribution in [0.25, 0.3) is 0 Å². The predicted octanol–water partition coefficient (Wildman–Crippen LogP) is 5.28. The molecule has 1 saturated heterocycles. The number of aryl methyl sites for hydroxylation is 1. The lowest BCUT2D eigenvalue weighted by Gasteiger charge is -2.31. The van der Waals surface area contributed by atoms with Gasteiger partial charge in [-0.05, 0) is 67.8 Å². The average molecular weight is 415 g/mol. The van der Waals surface area contributed by atoms with Crippen molar-refractivity contribution in [1.29, 1.82) is 0 Å². The molecule has 158 valence electrons. The Morgan fingerprint density at radius 1 is 0.839 bits per heavy atom. The zero-order chi connectivity index (χ0) is 21.6. The zero-order valence-corrected chi connectivity index (χ0v) is 17.6. The van der Waals surface area contributed by atoms with Crippen LogP contribution in [-0.2, 0) is 4.79 Å². The summed E-state index contributed by atoms with van der Waals surface area (Å²) in [5, 5.41) is 2.99. The molecule has 5 heteroatoms. The van der Waals surface area contributed by atoms with Crippen molar-refractivity contribution in [3.8, 4) is 11.5 Å². The van der Waals surface area contributed by atoms with Crippen LogP contribution in [0.15, 0.2) is 78.9 Å². The lowest BCUT2D eigenvalue weighted by Crippen LogP contribution is -2.41. The Morgan fingerprint density at radius 2 is 1.45 bits per heavy atom. The van der Waals surface area contributed by atoms with Crippen LogP contribution in [-0.4, -0.2) is 29.8 Å². The molecule has 1 aliphatic heterocycles. The van der Waals surface area contributed by atoms with Crippen molar-refractivity contribution < 1.29 is 14.3 Å². The summed E-state index contributed by atoms with van der Waals surface area (Å²) < 4.78 is 5.78. The van der Waals surface area contributed by atoms with E-state index in [2.05, 4.69) is 5.32 Å². The van der Waals surface area contributed by atoms with Crippen LogP contribution in [0.3, 0.4) is 0 Å². The zero-order valence-electron chi connectivity index (χ0n) is 17.6. The van der Waals surface area contributed by atoms with Crippen LogP contribution in [0.5, 0.6) is 11.5 Å². The summed E-state index contributed by atoms with van der Waals surface area (Å²) in [6.07, 6.45) is 1.33. The summed E-state index contributed by atoms with van der Waals surface area (Å²) in [6.45, 7) is 3.13. The first-order valence-corrected chi connectivity index (χ1v) is 10.6. The highest BCUT2D eigenvalue weighted by Crippen LogP contribution is 2.25. The number of carbonyl (C=O) groups excluding carboxylic acids is 2. The molecule has 3 aromatic carbocycles. The summed E-state index contributed by atoms with van der Waals surface area (Å²) in [5.74, 6) is 1.44. The van der Waals surface area contributed by atoms with Gasteiger partial charge in [0.15, 0.2) is 0 Å². The predicted molar refractivity (Wildman–Crippen MR) is 121 cm³/mol. The molecule has 1 fully saturated rings. The Hall–Kier alpha value is -3.60. The number of nitrogens with one attached hydrogen (secondary N) is 1. The maximum absolute atomic E-state index is 12.8. The summed E-state index contributed by atoms with van der Waals surface area (Å²) in [6, 6.07) is 24.6. The van der Waals surface area contributed by atoms with Crippen LogP contribution in [0.4, 0.5) is 5.69 Å². The Bertz CT molecular complexity index is 1040. The normalized spacial score (nSPS) is 14.2. The molecule has 0 unspecified atom stereocenters. The lowest BCUT2D eigenvalue weighted by molar-refractivity contribution is -0.121. The first-order valence-electron chi connectivity index (χ1n) is 10.6. The van der Waals surface area contributed by atoms with Crippen molar-refractivity contribution in [2.75, 3.05) is 18.4 Å². The van der Waals surface area contributed by atoms with E-state index in [9.17, 15) is 9.59 Å². The molecule has 0 atom stereocenters. The minimum Gasteiger partial charge on any atom is -0.457 e. The molecular formula is C26H26N2O3. The van der Waals surface area contributed by atoms with Crippen LogP contribution in [0.1, 0.15) is 28.8 Å². The van der Waals surface area contributed by atoms with Crippen LogP contribution in [0.2, 0.25) is 0 Å². The fourth-order valence-electron chi connectivity index (χ4n) is 3.80. The lowest BCUT2D eigenvalue weighted by atomic mass is 9.95. The van der Waals surface area contributed by atoms with Crippen molar-refractivity contribution in [3.63, 3.8) is 0 Å². The van der Waals surface area contributed by atoms with Crippen molar-refractivity contribution in [2.24, 2.45) is 5.92 Å². The van der Waals surface area contributed by atoms with Crippen LogP contribution in [0, 0.1) is 12.8 Å². The molecule has 31 heavy (non-hydrogen) atoms. The fourth-order valence-corrected chi connectivity index (χ4v) is 3.80. The van der Waals surface area contributed by atoms with E-state index in [1.54, 1.807) is 0 Å². The number of amides is 2. The fraction of sp³-hybridized carbons (Fsp3) is 0.231. The first-order chi connectivity index (χ1) is 15.1. The Labute approximate surface area is 182 Å². The molecule has 1 heterocycles. The quantitative estimate of drug-likeness (QED) is 0.618. The van der Waals surface area contributed by atoms with Gasteiger partial charge in [-0.15, -0.1) is 0 Å². The molecule has 0 bridgehead atoms. The Morgan fingerprint density at radius 3 is 2.13 bits per heavy atom. The van der Waals surface area contributed by atoms with E-state index in [1.807, 2.05) is 90.7 Å². The number of benzene rings is 3. The second-order valence-electron chi connectivity index (χ2n) is 7.81. The number of hydrogen-bond acceptors (Lipinski definition) is 3. The molecular weight excluding hydrogens is 388 g/mol. The number of carbonyl (C=O) groups is 2. The number of ether oxygens (including phenoxy) is 1. The average Bonchev–Trinajstić information content (AvgIpc) is 2.81. The van der Waals surface area contributed by atoms with Gasteiger partial charge in [-0.1, -0.05) is 36.4 Å². The number of hydrogen-bond donors (Lipinski definition) is 1. The van der Waals surface area contributed by atoms with Gasteiger partial charge in [-0.25, -0.2) is 0 Å². The summed E-state index contributed by atoms with van der Waals surface area (Å²) in [7, 11) is 0. The Kier molecular flexibility index (Phi) is 6.32. The van der Waals surface area contributed by atoms with Crippen LogP contribution < -0.4 is 10.1 Å². The summed E-state index contributed by atoms with van der Waals surface area (Å²) in [4.78, 5) is 27.3. The SMILES string of the molecule is Cc1ccccc1C(=O)N1CCC(C(=O)Nc2ccc(Oc3ccccc3)cc2)CC1. The monoisotopic (exact) mass is 414 g/mol. The van der Waals surface area contributed by atoms with E-state index in [1.165, 1.54) is 0 Å². The van der Waals surface area contributed by atoms with Gasteiger partial charge in [0.2, 0.25) is 5.91 Å². The largest absolute Gasteiger partial charge is 0.457 e. The van der Waals surface area contributed by atoms with Gasteiger partial charge in [0.25, 0.3) is 5.91 Å². The molecule has 0 aliphatic carbocycles. The second kappa shape index (κ2) is 9.47. The Balaban J connectivity index is 1.29. The van der Waals surface area contributed by atoms with E-state index < -0.39 is 0 Å².